The lowest BCUT2D eigenvalue weighted by Crippen LogP contribution is -2.23. The van der Waals surface area contributed by atoms with Gasteiger partial charge < -0.3 is 15.2 Å². The highest BCUT2D eigenvalue weighted by atomic mass is 31.1. The van der Waals surface area contributed by atoms with Gasteiger partial charge in [-0.3, -0.25) is 0 Å². The van der Waals surface area contributed by atoms with Crippen LogP contribution in [0.3, 0.4) is 0 Å². The van der Waals surface area contributed by atoms with E-state index in [0.717, 1.165) is 37.7 Å². The number of ether oxygens (including phenoxy) is 2. The molecule has 0 fully saturated rings. The summed E-state index contributed by atoms with van der Waals surface area (Å²) in [6.45, 7) is 0. The first-order valence-electron chi connectivity index (χ1n) is 14.3. The minimum absolute atomic E-state index is 0.0397. The molecule has 2 unspecified atom stereocenters. The lowest BCUT2D eigenvalue weighted by Gasteiger charge is -2.18. The van der Waals surface area contributed by atoms with Crippen LogP contribution < -0.4 is 21.6 Å². The number of benzene rings is 3. The van der Waals surface area contributed by atoms with Crippen LogP contribution in [0.1, 0.15) is 38.5 Å². The molecule has 2 N–H and O–H groups in total. The van der Waals surface area contributed by atoms with Crippen LogP contribution in [0.2, 0.25) is 0 Å². The molecular weight excluding hydrogens is 559 g/mol. The molecule has 3 aromatic carbocycles. The third kappa shape index (κ3) is 10.8. The topological polar surface area (TPSA) is 127 Å². The van der Waals surface area contributed by atoms with Crippen molar-refractivity contribution >= 4 is 35.8 Å². The molecule has 43 heavy (non-hydrogen) atoms. The molecule has 0 amide bonds. The highest BCUT2D eigenvalue weighted by molar-refractivity contribution is 7.79. The Labute approximate surface area is 255 Å². The molecule has 0 saturated heterocycles. The average Bonchev–Trinajstić information content (AvgIpc) is 3.06. The van der Waals surface area contributed by atoms with E-state index in [-0.39, 0.29) is 24.0 Å². The van der Waals surface area contributed by atoms with E-state index < -0.39 is 7.92 Å². The molecule has 2 atom stereocenters. The molecule has 0 spiro atoms. The summed E-state index contributed by atoms with van der Waals surface area (Å²) in [5, 5.41) is 7.74. The second-order valence-corrected chi connectivity index (χ2v) is 12.1. The molecule has 3 aromatic rings. The third-order valence-electron chi connectivity index (χ3n) is 6.88. The number of nitrogens with zero attached hydrogens (tertiary/aromatic N) is 3. The summed E-state index contributed by atoms with van der Waals surface area (Å²) in [4.78, 5) is 24.8. The van der Waals surface area contributed by atoms with Crippen LogP contribution in [0, 0.1) is 0 Å². The number of carbonyl (C=O) groups is 2. The molecule has 0 bridgehead atoms. The van der Waals surface area contributed by atoms with Crippen LogP contribution in [0.4, 0.5) is 0 Å². The van der Waals surface area contributed by atoms with Crippen molar-refractivity contribution in [1.29, 1.82) is 0 Å². The minimum atomic E-state index is -0.446. The molecule has 9 heteroatoms. The summed E-state index contributed by atoms with van der Waals surface area (Å²) < 4.78 is 9.15. The first-order valence-corrected chi connectivity index (χ1v) is 15.6. The van der Waals surface area contributed by atoms with Crippen molar-refractivity contribution in [1.82, 2.24) is 0 Å². The maximum atomic E-state index is 11.1. The number of rotatable bonds is 6. The van der Waals surface area contributed by atoms with Crippen molar-refractivity contribution < 1.29 is 19.1 Å². The minimum Gasteiger partial charge on any atom is -0.466 e. The summed E-state index contributed by atoms with van der Waals surface area (Å²) in [7, 11) is 2.29. The van der Waals surface area contributed by atoms with Crippen molar-refractivity contribution in [3.8, 4) is 0 Å². The highest BCUT2D eigenvalue weighted by Gasteiger charge is 2.18. The molecule has 2 aliphatic carbocycles. The standard InChI is InChI=1S/C18H15P.C8H11N3O2.C8H13NO2/c1-4-10-16(11-5-1)19(17-12-6-2-7-13-17)18-14-8-3-9-15-18;1-13-8(12)6-3-2-4-7(5-6)10-11-9;1-11-8(10)6-3-2-4-7(9)5-6/h1-15H;5,7H,2-4H2,1H3;5,7H,2-4,9H2,1H3. The van der Waals surface area contributed by atoms with Gasteiger partial charge in [-0.2, -0.15) is 0 Å². The van der Waals surface area contributed by atoms with Gasteiger partial charge in [0.05, 0.1) is 20.3 Å². The summed E-state index contributed by atoms with van der Waals surface area (Å²) in [6.07, 6.45) is 8.65. The van der Waals surface area contributed by atoms with Crippen LogP contribution >= 0.6 is 7.92 Å². The van der Waals surface area contributed by atoms with Gasteiger partial charge in [-0.1, -0.05) is 108 Å². The van der Waals surface area contributed by atoms with E-state index in [9.17, 15) is 9.59 Å². The number of esters is 2. The summed E-state index contributed by atoms with van der Waals surface area (Å²) in [5.74, 6) is -0.557. The molecule has 5 rings (SSSR count). The monoisotopic (exact) mass is 598 g/mol. The van der Waals surface area contributed by atoms with Crippen LogP contribution in [0.25, 0.3) is 10.4 Å². The average molecular weight is 599 g/mol. The molecule has 224 valence electrons. The number of carbonyl (C=O) groups excluding carboxylic acids is 2. The number of hydrogen-bond donors (Lipinski definition) is 1. The molecule has 0 aromatic heterocycles. The van der Waals surface area contributed by atoms with Gasteiger partial charge in [-0.05, 0) is 67.9 Å². The van der Waals surface area contributed by atoms with E-state index in [1.165, 1.54) is 30.1 Å². The van der Waals surface area contributed by atoms with Gasteiger partial charge in [0.25, 0.3) is 0 Å². The van der Waals surface area contributed by atoms with Gasteiger partial charge in [0, 0.05) is 22.1 Å². The zero-order valence-corrected chi connectivity index (χ0v) is 25.6. The van der Waals surface area contributed by atoms with Crippen molar-refractivity contribution in [3.05, 3.63) is 125 Å². The Balaban J connectivity index is 0.000000186. The Morgan fingerprint density at radius 2 is 1.16 bits per heavy atom. The Hall–Kier alpha value is -4.22. The Morgan fingerprint density at radius 1 is 0.744 bits per heavy atom. The maximum Gasteiger partial charge on any atom is 0.333 e. The molecule has 8 nitrogen and oxygen atoms in total. The molecule has 0 heterocycles. The van der Waals surface area contributed by atoms with E-state index in [1.807, 2.05) is 0 Å². The van der Waals surface area contributed by atoms with E-state index >= 15 is 0 Å². The van der Waals surface area contributed by atoms with Gasteiger partial charge in [-0.25, -0.2) is 9.59 Å². The Bertz CT molecular complexity index is 1310. The molecular formula is C34H39N4O4P. The van der Waals surface area contributed by atoms with E-state index in [0.29, 0.717) is 12.0 Å². The SMILES string of the molecule is COC(=O)C1=CC(N)CCC1.COC(=O)C1=CC(N=[N+]=[N-])CCC1.c1ccc(P(c2ccccc2)c2ccccc2)cc1. The van der Waals surface area contributed by atoms with Crippen LogP contribution in [-0.4, -0.2) is 38.2 Å². The Kier molecular flexibility index (Phi) is 14.2. The van der Waals surface area contributed by atoms with Gasteiger partial charge in [-0.15, -0.1) is 0 Å². The molecule has 2 aliphatic rings. The van der Waals surface area contributed by atoms with Gasteiger partial charge in [0.2, 0.25) is 0 Å². The van der Waals surface area contributed by atoms with Crippen molar-refractivity contribution in [3.63, 3.8) is 0 Å². The zero-order chi connectivity index (χ0) is 30.9. The van der Waals surface area contributed by atoms with Gasteiger partial charge in [0.1, 0.15) is 0 Å². The quantitative estimate of drug-likeness (QED) is 0.123. The normalized spacial score (nSPS) is 17.3. The van der Waals surface area contributed by atoms with Crippen molar-refractivity contribution in [2.75, 3.05) is 14.2 Å². The van der Waals surface area contributed by atoms with E-state index in [4.69, 9.17) is 11.3 Å². The number of azide groups is 1. The lowest BCUT2D eigenvalue weighted by atomic mass is 9.96. The second-order valence-electron chi connectivity index (χ2n) is 9.93. The summed E-state index contributed by atoms with van der Waals surface area (Å²) >= 11 is 0. The lowest BCUT2D eigenvalue weighted by molar-refractivity contribution is -0.137. The fourth-order valence-corrected chi connectivity index (χ4v) is 7.10. The van der Waals surface area contributed by atoms with E-state index in [1.54, 1.807) is 12.2 Å². The second kappa shape index (κ2) is 18.3. The third-order valence-corrected chi connectivity index (χ3v) is 9.32. The smallest absolute Gasteiger partial charge is 0.333 e. The molecule has 0 radical (unpaired) electrons. The van der Waals surface area contributed by atoms with Crippen LogP contribution in [-0.2, 0) is 19.1 Å². The predicted octanol–water partition coefficient (Wildman–Crippen LogP) is 5.99. The first kappa shape index (κ1) is 33.3. The van der Waals surface area contributed by atoms with Gasteiger partial charge in [0.15, 0.2) is 0 Å². The zero-order valence-electron chi connectivity index (χ0n) is 24.7. The van der Waals surface area contributed by atoms with Crippen LogP contribution in [0.5, 0.6) is 0 Å². The number of hydrogen-bond acceptors (Lipinski definition) is 6. The number of methoxy groups -OCH3 is 2. The summed E-state index contributed by atoms with van der Waals surface area (Å²) in [6, 6.07) is 32.2. The fraction of sp³-hybridized carbons (Fsp3) is 0.294. The first-order chi connectivity index (χ1) is 21.0. The predicted molar refractivity (Wildman–Crippen MR) is 174 cm³/mol. The van der Waals surface area contributed by atoms with Crippen molar-refractivity contribution in [2.24, 2.45) is 10.8 Å². The van der Waals surface area contributed by atoms with Gasteiger partial charge >= 0.3 is 11.9 Å². The maximum absolute atomic E-state index is 11.1. The van der Waals surface area contributed by atoms with Crippen LogP contribution in [0.15, 0.2) is 119 Å². The fourth-order valence-electron chi connectivity index (χ4n) is 4.79. The molecule has 0 aliphatic heterocycles. The highest BCUT2D eigenvalue weighted by Crippen LogP contribution is 2.32. The largest absolute Gasteiger partial charge is 0.466 e. The number of nitrogens with two attached hydrogens (primary N) is 1. The summed E-state index contributed by atoms with van der Waals surface area (Å²) in [5.41, 5.74) is 15.2. The van der Waals surface area contributed by atoms with Crippen molar-refractivity contribution in [2.45, 2.75) is 50.6 Å². The van der Waals surface area contributed by atoms with E-state index in [2.05, 4.69) is 110 Å². The Morgan fingerprint density at radius 3 is 1.56 bits per heavy atom. The molecule has 0 saturated carbocycles.